The molecule has 3 heterocycles. The van der Waals surface area contributed by atoms with Crippen LogP contribution in [0, 0.1) is 0 Å². The summed E-state index contributed by atoms with van der Waals surface area (Å²) in [5.41, 5.74) is 0.887. The SMILES string of the molecule is CCCNC(=O)N(CCc1ccc(OC)c(Cl)c1)C(=O)C1CN(c2cc(Cl)nc(-n3ccnc3)n2)CCN1. The van der Waals surface area contributed by atoms with Crippen LogP contribution in [0.3, 0.4) is 0 Å². The lowest BCUT2D eigenvalue weighted by Gasteiger charge is -2.36. The maximum Gasteiger partial charge on any atom is 0.324 e. The van der Waals surface area contributed by atoms with Crippen LogP contribution in [0.2, 0.25) is 10.2 Å². The van der Waals surface area contributed by atoms with Gasteiger partial charge >= 0.3 is 6.03 Å². The number of hydrogen-bond acceptors (Lipinski definition) is 8. The molecule has 4 rings (SSSR count). The van der Waals surface area contributed by atoms with E-state index in [1.54, 1.807) is 48.6 Å². The van der Waals surface area contributed by atoms with E-state index in [-0.39, 0.29) is 17.6 Å². The summed E-state index contributed by atoms with van der Waals surface area (Å²) < 4.78 is 6.87. The highest BCUT2D eigenvalue weighted by Gasteiger charge is 2.32. The summed E-state index contributed by atoms with van der Waals surface area (Å²) in [7, 11) is 1.55. The number of rotatable bonds is 9. The fourth-order valence-corrected chi connectivity index (χ4v) is 4.56. The molecular formula is C25H30Cl2N8O3. The summed E-state index contributed by atoms with van der Waals surface area (Å²) >= 11 is 12.5. The fraction of sp³-hybridized carbons (Fsp3) is 0.400. The van der Waals surface area contributed by atoms with Crippen LogP contribution in [0.25, 0.3) is 5.95 Å². The number of nitrogens with one attached hydrogen (secondary N) is 2. The second-order valence-corrected chi connectivity index (χ2v) is 9.51. The van der Waals surface area contributed by atoms with Crippen molar-refractivity contribution in [3.05, 3.63) is 58.7 Å². The summed E-state index contributed by atoms with van der Waals surface area (Å²) in [5, 5.41) is 6.82. The molecule has 0 radical (unpaired) electrons. The minimum absolute atomic E-state index is 0.194. The summed E-state index contributed by atoms with van der Waals surface area (Å²) in [4.78, 5) is 42.8. The van der Waals surface area contributed by atoms with E-state index in [0.29, 0.717) is 55.1 Å². The van der Waals surface area contributed by atoms with E-state index in [4.69, 9.17) is 27.9 Å². The number of ether oxygens (including phenoxy) is 1. The lowest BCUT2D eigenvalue weighted by molar-refractivity contribution is -0.130. The molecule has 1 unspecified atom stereocenters. The van der Waals surface area contributed by atoms with Crippen molar-refractivity contribution in [3.63, 3.8) is 0 Å². The smallest absolute Gasteiger partial charge is 0.324 e. The molecule has 2 aromatic heterocycles. The Morgan fingerprint density at radius 2 is 2.11 bits per heavy atom. The predicted octanol–water partition coefficient (Wildman–Crippen LogP) is 2.95. The molecule has 0 saturated carbocycles. The largest absolute Gasteiger partial charge is 0.495 e. The number of methoxy groups -OCH3 is 1. The van der Waals surface area contributed by atoms with Gasteiger partial charge < -0.3 is 20.3 Å². The normalized spacial score (nSPS) is 15.3. The van der Waals surface area contributed by atoms with Crippen molar-refractivity contribution in [3.8, 4) is 11.7 Å². The van der Waals surface area contributed by atoms with E-state index < -0.39 is 12.1 Å². The van der Waals surface area contributed by atoms with Crippen molar-refractivity contribution >= 4 is 41.0 Å². The second-order valence-electron chi connectivity index (χ2n) is 8.71. The van der Waals surface area contributed by atoms with Crippen LogP contribution < -0.4 is 20.3 Å². The molecule has 0 bridgehead atoms. The Balaban J connectivity index is 1.50. The van der Waals surface area contributed by atoms with Gasteiger partial charge in [-0.05, 0) is 30.5 Å². The number of carbonyl (C=O) groups excluding carboxylic acids is 2. The first-order chi connectivity index (χ1) is 18.4. The number of urea groups is 1. The standard InChI is InChI=1S/C25H30Cl2N8O3/c1-3-7-30-25(37)35(10-6-17-4-5-20(38-2)18(26)13-17)23(36)19-15-33(12-9-29-19)22-14-21(27)31-24(32-22)34-11-8-28-16-34/h4-5,8,11,13-14,16,19,29H,3,6-7,9-10,12,15H2,1-2H3,(H,30,37). The molecule has 1 aliphatic heterocycles. The maximum atomic E-state index is 13.6. The number of aromatic nitrogens is 4. The Bertz CT molecular complexity index is 1260. The van der Waals surface area contributed by atoms with Gasteiger partial charge in [0.15, 0.2) is 0 Å². The van der Waals surface area contributed by atoms with Gasteiger partial charge in [0, 0.05) is 51.2 Å². The van der Waals surface area contributed by atoms with Crippen LogP contribution in [0.15, 0.2) is 43.0 Å². The quantitative estimate of drug-likeness (QED) is 0.383. The average molecular weight is 561 g/mol. The molecule has 38 heavy (non-hydrogen) atoms. The zero-order chi connectivity index (χ0) is 27.1. The molecule has 13 heteroatoms. The first kappa shape index (κ1) is 27.6. The Morgan fingerprint density at radius 1 is 1.26 bits per heavy atom. The van der Waals surface area contributed by atoms with Gasteiger partial charge in [-0.3, -0.25) is 14.3 Å². The molecule has 11 nitrogen and oxygen atoms in total. The molecule has 202 valence electrons. The number of carbonyl (C=O) groups is 2. The molecule has 0 spiro atoms. The molecule has 1 fully saturated rings. The number of halogens is 2. The zero-order valence-electron chi connectivity index (χ0n) is 21.2. The highest BCUT2D eigenvalue weighted by Crippen LogP contribution is 2.25. The minimum atomic E-state index is -0.624. The molecular weight excluding hydrogens is 531 g/mol. The highest BCUT2D eigenvalue weighted by atomic mass is 35.5. The third-order valence-corrected chi connectivity index (χ3v) is 6.57. The Morgan fingerprint density at radius 3 is 2.82 bits per heavy atom. The van der Waals surface area contributed by atoms with E-state index in [2.05, 4.69) is 25.6 Å². The van der Waals surface area contributed by atoms with Crippen LogP contribution in [0.5, 0.6) is 5.75 Å². The van der Waals surface area contributed by atoms with Crippen LogP contribution in [0.1, 0.15) is 18.9 Å². The first-order valence-corrected chi connectivity index (χ1v) is 13.1. The van der Waals surface area contributed by atoms with Crippen LogP contribution in [-0.4, -0.2) is 82.2 Å². The van der Waals surface area contributed by atoms with Gasteiger partial charge in [0.2, 0.25) is 11.9 Å². The second kappa shape index (κ2) is 12.9. The number of benzene rings is 1. The highest BCUT2D eigenvalue weighted by molar-refractivity contribution is 6.32. The molecule has 0 aliphatic carbocycles. The lowest BCUT2D eigenvalue weighted by atomic mass is 10.1. The van der Waals surface area contributed by atoms with Gasteiger partial charge in [-0.1, -0.05) is 36.2 Å². The number of piperazine rings is 1. The molecule has 3 aromatic rings. The van der Waals surface area contributed by atoms with Crippen molar-refractivity contribution in [2.45, 2.75) is 25.8 Å². The first-order valence-electron chi connectivity index (χ1n) is 12.3. The van der Waals surface area contributed by atoms with Gasteiger partial charge in [-0.15, -0.1) is 0 Å². The van der Waals surface area contributed by atoms with Crippen molar-refractivity contribution in [1.82, 2.24) is 35.1 Å². The average Bonchev–Trinajstić information content (AvgIpc) is 3.47. The maximum absolute atomic E-state index is 13.6. The number of imidazole rings is 1. The van der Waals surface area contributed by atoms with Gasteiger partial charge in [0.1, 0.15) is 29.1 Å². The van der Waals surface area contributed by atoms with Crippen molar-refractivity contribution in [1.29, 1.82) is 0 Å². The van der Waals surface area contributed by atoms with Crippen LogP contribution in [0.4, 0.5) is 10.6 Å². The summed E-state index contributed by atoms with van der Waals surface area (Å²) in [6.07, 6.45) is 6.14. The zero-order valence-corrected chi connectivity index (χ0v) is 22.7. The summed E-state index contributed by atoms with van der Waals surface area (Å²) in [6.45, 7) is 4.06. The van der Waals surface area contributed by atoms with Crippen molar-refractivity contribution in [2.75, 3.05) is 44.7 Å². The Labute approximate surface area is 231 Å². The number of amides is 3. The van der Waals surface area contributed by atoms with Gasteiger partial charge in [0.05, 0.1) is 12.1 Å². The van der Waals surface area contributed by atoms with Crippen LogP contribution in [-0.2, 0) is 11.2 Å². The Hall–Kier alpha value is -3.41. The van der Waals surface area contributed by atoms with Crippen LogP contribution >= 0.6 is 23.2 Å². The monoisotopic (exact) mass is 560 g/mol. The van der Waals surface area contributed by atoms with Gasteiger partial charge in [-0.25, -0.2) is 14.8 Å². The number of imide groups is 1. The number of anilines is 1. The number of hydrogen-bond donors (Lipinski definition) is 2. The molecule has 1 aromatic carbocycles. The molecule has 1 saturated heterocycles. The molecule has 1 atom stereocenters. The molecule has 3 amide bonds. The van der Waals surface area contributed by atoms with Crippen molar-refractivity contribution < 1.29 is 14.3 Å². The fourth-order valence-electron chi connectivity index (χ4n) is 4.11. The summed E-state index contributed by atoms with van der Waals surface area (Å²) in [6, 6.07) is 6.03. The van der Waals surface area contributed by atoms with Gasteiger partial charge in [-0.2, -0.15) is 4.98 Å². The molecule has 2 N–H and O–H groups in total. The molecule has 1 aliphatic rings. The third kappa shape index (κ3) is 6.72. The van der Waals surface area contributed by atoms with Gasteiger partial charge in [0.25, 0.3) is 0 Å². The van der Waals surface area contributed by atoms with Crippen molar-refractivity contribution in [2.24, 2.45) is 0 Å². The van der Waals surface area contributed by atoms with E-state index >= 15 is 0 Å². The number of nitrogens with zero attached hydrogens (tertiary/aromatic N) is 6. The Kier molecular flexibility index (Phi) is 9.38. The van der Waals surface area contributed by atoms with E-state index in [1.165, 1.54) is 4.90 Å². The summed E-state index contributed by atoms with van der Waals surface area (Å²) in [5.74, 6) is 1.21. The third-order valence-electron chi connectivity index (χ3n) is 6.08. The topological polar surface area (TPSA) is 118 Å². The van der Waals surface area contributed by atoms with E-state index in [1.807, 2.05) is 17.9 Å². The van der Waals surface area contributed by atoms with E-state index in [0.717, 1.165) is 12.0 Å². The van der Waals surface area contributed by atoms with E-state index in [9.17, 15) is 9.59 Å². The predicted molar refractivity (Wildman–Crippen MR) is 145 cm³/mol. The lowest BCUT2D eigenvalue weighted by Crippen LogP contribution is -2.60. The minimum Gasteiger partial charge on any atom is -0.495 e.